The summed E-state index contributed by atoms with van der Waals surface area (Å²) in [4.78, 5) is 0. The fraction of sp³-hybridized carbons (Fsp3) is 0.600. The third kappa shape index (κ3) is 2.85. The predicted molar refractivity (Wildman–Crippen MR) is 72.6 cm³/mol. The molecule has 0 radical (unpaired) electrons. The van der Waals surface area contributed by atoms with E-state index in [0.717, 1.165) is 17.7 Å². The zero-order valence-corrected chi connectivity index (χ0v) is 11.7. The van der Waals surface area contributed by atoms with Gasteiger partial charge in [0.1, 0.15) is 17.5 Å². The highest BCUT2D eigenvalue weighted by atomic mass is 16.6. The van der Waals surface area contributed by atoms with Crippen LogP contribution in [0, 0.1) is 0 Å². The second-order valence-electron chi connectivity index (χ2n) is 6.13. The largest absolute Gasteiger partial charge is 0.487 e. The minimum absolute atomic E-state index is 0.0699. The summed E-state index contributed by atoms with van der Waals surface area (Å²) >= 11 is 0. The van der Waals surface area contributed by atoms with E-state index in [1.165, 1.54) is 0 Å². The molecule has 1 fully saturated rings. The van der Waals surface area contributed by atoms with Crippen molar-refractivity contribution in [3.05, 3.63) is 29.8 Å². The number of rotatable bonds is 3. The Morgan fingerprint density at radius 2 is 2.06 bits per heavy atom. The van der Waals surface area contributed by atoms with E-state index >= 15 is 0 Å². The number of hydrogen-bond acceptors (Lipinski definition) is 3. The van der Waals surface area contributed by atoms with E-state index in [0.29, 0.717) is 6.54 Å². The molecule has 100 valence electrons. The van der Waals surface area contributed by atoms with Gasteiger partial charge in [0, 0.05) is 13.0 Å². The van der Waals surface area contributed by atoms with E-state index in [4.69, 9.17) is 15.2 Å². The van der Waals surface area contributed by atoms with Crippen molar-refractivity contribution in [1.29, 1.82) is 0 Å². The first kappa shape index (κ1) is 13.4. The van der Waals surface area contributed by atoms with Crippen LogP contribution < -0.4 is 10.5 Å². The van der Waals surface area contributed by atoms with Gasteiger partial charge in [0.15, 0.2) is 0 Å². The minimum Gasteiger partial charge on any atom is -0.487 e. The first-order chi connectivity index (χ1) is 8.32. The van der Waals surface area contributed by atoms with Gasteiger partial charge in [-0.15, -0.1) is 0 Å². The molecule has 1 aliphatic rings. The molecule has 1 unspecified atom stereocenters. The molecular weight excluding hydrogens is 226 g/mol. The number of nitrogens with two attached hydrogens (primary N) is 1. The molecule has 2 N–H and O–H groups in total. The Kier molecular flexibility index (Phi) is 3.39. The summed E-state index contributed by atoms with van der Waals surface area (Å²) in [6.07, 6.45) is 0.966. The van der Waals surface area contributed by atoms with E-state index < -0.39 is 0 Å². The van der Waals surface area contributed by atoms with Gasteiger partial charge in [-0.05, 0) is 45.4 Å². The molecule has 1 aromatic carbocycles. The van der Waals surface area contributed by atoms with Gasteiger partial charge in [-0.25, -0.2) is 0 Å². The van der Waals surface area contributed by atoms with Gasteiger partial charge >= 0.3 is 0 Å². The molecule has 1 heterocycles. The summed E-state index contributed by atoms with van der Waals surface area (Å²) in [5, 5.41) is 0. The van der Waals surface area contributed by atoms with Crippen molar-refractivity contribution in [3.63, 3.8) is 0 Å². The van der Waals surface area contributed by atoms with Crippen LogP contribution in [0.15, 0.2) is 24.3 Å². The number of benzene rings is 1. The summed E-state index contributed by atoms with van der Waals surface area (Å²) in [7, 11) is 0. The molecule has 1 saturated heterocycles. The normalized spacial score (nSPS) is 25.1. The lowest BCUT2D eigenvalue weighted by Crippen LogP contribution is -2.36. The van der Waals surface area contributed by atoms with Gasteiger partial charge in [-0.3, -0.25) is 0 Å². The Labute approximate surface area is 109 Å². The molecule has 1 aliphatic heterocycles. The van der Waals surface area contributed by atoms with Gasteiger partial charge < -0.3 is 15.2 Å². The topological polar surface area (TPSA) is 44.5 Å². The van der Waals surface area contributed by atoms with Gasteiger partial charge in [0.2, 0.25) is 0 Å². The Hall–Kier alpha value is -1.06. The lowest BCUT2D eigenvalue weighted by Gasteiger charge is -2.27. The highest BCUT2D eigenvalue weighted by Crippen LogP contribution is 2.39. The second kappa shape index (κ2) is 4.56. The molecule has 3 nitrogen and oxygen atoms in total. The standard InChI is InChI=1S/C15H23NO2/c1-14(2)9-13(15(3,4)18-14)17-12-7-5-6-11(8-12)10-16/h5-8,13H,9-10,16H2,1-4H3. The fourth-order valence-corrected chi connectivity index (χ4v) is 2.61. The minimum atomic E-state index is -0.262. The van der Waals surface area contributed by atoms with Crippen molar-refractivity contribution < 1.29 is 9.47 Å². The van der Waals surface area contributed by atoms with Crippen molar-refractivity contribution in [1.82, 2.24) is 0 Å². The van der Waals surface area contributed by atoms with Crippen LogP contribution in [0.3, 0.4) is 0 Å². The molecule has 0 amide bonds. The maximum atomic E-state index is 6.09. The third-order valence-electron chi connectivity index (χ3n) is 3.40. The lowest BCUT2D eigenvalue weighted by molar-refractivity contribution is -0.0846. The van der Waals surface area contributed by atoms with E-state index in [1.54, 1.807) is 0 Å². The van der Waals surface area contributed by atoms with E-state index in [-0.39, 0.29) is 17.3 Å². The molecule has 0 spiro atoms. The summed E-state index contributed by atoms with van der Waals surface area (Å²) < 4.78 is 12.1. The van der Waals surface area contributed by atoms with Crippen molar-refractivity contribution in [3.8, 4) is 5.75 Å². The first-order valence-corrected chi connectivity index (χ1v) is 6.48. The summed E-state index contributed by atoms with van der Waals surface area (Å²) in [5.74, 6) is 0.873. The van der Waals surface area contributed by atoms with Gasteiger partial charge in [0.25, 0.3) is 0 Å². The maximum absolute atomic E-state index is 6.09. The van der Waals surface area contributed by atoms with Gasteiger partial charge in [-0.1, -0.05) is 12.1 Å². The van der Waals surface area contributed by atoms with Crippen LogP contribution in [0.1, 0.15) is 39.7 Å². The molecule has 1 aromatic rings. The summed E-state index contributed by atoms with van der Waals surface area (Å²) in [6.45, 7) is 8.91. The predicted octanol–water partition coefficient (Wildman–Crippen LogP) is 2.87. The highest BCUT2D eigenvalue weighted by molar-refractivity contribution is 5.29. The van der Waals surface area contributed by atoms with Crippen LogP contribution in [-0.4, -0.2) is 17.3 Å². The van der Waals surface area contributed by atoms with Crippen molar-refractivity contribution >= 4 is 0 Å². The molecule has 2 rings (SSSR count). The van der Waals surface area contributed by atoms with Gasteiger partial charge in [-0.2, -0.15) is 0 Å². The second-order valence-corrected chi connectivity index (χ2v) is 6.13. The molecule has 0 aliphatic carbocycles. The quantitative estimate of drug-likeness (QED) is 0.896. The molecular formula is C15H23NO2. The molecule has 0 saturated carbocycles. The van der Waals surface area contributed by atoms with E-state index in [1.807, 2.05) is 24.3 Å². The van der Waals surface area contributed by atoms with Gasteiger partial charge in [0.05, 0.1) is 5.60 Å². The lowest BCUT2D eigenvalue weighted by atomic mass is 9.97. The molecule has 3 heteroatoms. The fourth-order valence-electron chi connectivity index (χ4n) is 2.61. The van der Waals surface area contributed by atoms with Crippen molar-refractivity contribution in [2.24, 2.45) is 5.73 Å². The highest BCUT2D eigenvalue weighted by Gasteiger charge is 2.47. The average molecular weight is 249 g/mol. The Morgan fingerprint density at radius 1 is 1.33 bits per heavy atom. The first-order valence-electron chi connectivity index (χ1n) is 6.48. The molecule has 18 heavy (non-hydrogen) atoms. The van der Waals surface area contributed by atoms with E-state index in [9.17, 15) is 0 Å². The average Bonchev–Trinajstić information content (AvgIpc) is 2.47. The smallest absolute Gasteiger partial charge is 0.130 e. The van der Waals surface area contributed by atoms with Crippen molar-refractivity contribution in [2.45, 2.75) is 58.0 Å². The Morgan fingerprint density at radius 3 is 2.61 bits per heavy atom. The third-order valence-corrected chi connectivity index (χ3v) is 3.40. The Bertz CT molecular complexity index is 426. The van der Waals surface area contributed by atoms with Crippen molar-refractivity contribution in [2.75, 3.05) is 0 Å². The zero-order valence-electron chi connectivity index (χ0n) is 11.7. The van der Waals surface area contributed by atoms with Crippen LogP contribution in [0.25, 0.3) is 0 Å². The van der Waals surface area contributed by atoms with Crippen LogP contribution in [0.5, 0.6) is 5.75 Å². The monoisotopic (exact) mass is 249 g/mol. The molecule has 0 aromatic heterocycles. The number of hydrogen-bond donors (Lipinski definition) is 1. The molecule has 1 atom stereocenters. The number of ether oxygens (including phenoxy) is 2. The summed E-state index contributed by atoms with van der Waals surface area (Å²) in [6, 6.07) is 7.96. The van der Waals surface area contributed by atoms with Crippen LogP contribution in [-0.2, 0) is 11.3 Å². The van der Waals surface area contributed by atoms with E-state index in [2.05, 4.69) is 27.7 Å². The molecule has 0 bridgehead atoms. The summed E-state index contributed by atoms with van der Waals surface area (Å²) in [5.41, 5.74) is 6.34. The Balaban J connectivity index is 2.13. The van der Waals surface area contributed by atoms with Crippen LogP contribution in [0.2, 0.25) is 0 Å². The maximum Gasteiger partial charge on any atom is 0.130 e. The SMILES string of the molecule is CC1(C)CC(Oc2cccc(CN)c2)C(C)(C)O1. The van der Waals surface area contributed by atoms with Crippen LogP contribution >= 0.6 is 0 Å². The van der Waals surface area contributed by atoms with Crippen LogP contribution in [0.4, 0.5) is 0 Å². The zero-order chi connectivity index (χ0) is 13.4.